The maximum absolute atomic E-state index is 11.2. The number of hydrogen-bond donors (Lipinski definition) is 5. The minimum Gasteiger partial charge on any atom is -0.392 e. The number of rotatable bonds is 3. The molecule has 0 saturated heterocycles. The molecule has 0 radical (unpaired) electrons. The summed E-state index contributed by atoms with van der Waals surface area (Å²) in [6, 6.07) is -0.784. The number of carbonyl (C=O) groups is 1. The molecule has 0 aromatic rings. The molecule has 6 nitrogen and oxygen atoms in total. The van der Waals surface area contributed by atoms with E-state index in [1.54, 1.807) is 6.92 Å². The minimum absolute atomic E-state index is 0. The summed E-state index contributed by atoms with van der Waals surface area (Å²) < 4.78 is 0. The average Bonchev–Trinajstić information content (AvgIpc) is 2.29. The zero-order valence-corrected chi connectivity index (χ0v) is 13.5. The van der Waals surface area contributed by atoms with Crippen molar-refractivity contribution in [3.8, 4) is 0 Å². The van der Waals surface area contributed by atoms with Crippen molar-refractivity contribution >= 4 is 46.4 Å². The zero-order chi connectivity index (χ0) is 12.3. The third-order valence-electron chi connectivity index (χ3n) is 2.65. The van der Waals surface area contributed by atoms with E-state index in [1.165, 1.54) is 6.08 Å². The molecule has 0 aromatic carbocycles. The van der Waals surface area contributed by atoms with E-state index < -0.39 is 31.0 Å². The molecule has 1 unspecified atom stereocenters. The molecule has 4 atom stereocenters. The normalized spacial score (nSPS) is 29.0. The molecule has 1 aliphatic carbocycles. The molecule has 116 valence electrons. The first-order valence-corrected chi connectivity index (χ1v) is 5.16. The van der Waals surface area contributed by atoms with Crippen LogP contribution in [-0.2, 0) is 4.79 Å². The van der Waals surface area contributed by atoms with Crippen LogP contribution in [0.1, 0.15) is 13.3 Å². The molecular formula is C10H23NO5S3. The first-order chi connectivity index (χ1) is 7.51. The molecule has 0 saturated carbocycles. The van der Waals surface area contributed by atoms with Crippen molar-refractivity contribution in [3.63, 3.8) is 0 Å². The molecule has 9 heteroatoms. The maximum Gasteiger partial charge on any atom is 0.220 e. The van der Waals surface area contributed by atoms with Crippen molar-refractivity contribution in [2.75, 3.05) is 6.61 Å². The van der Waals surface area contributed by atoms with Gasteiger partial charge in [0.05, 0.1) is 12.6 Å². The fourth-order valence-corrected chi connectivity index (χ4v) is 1.61. The van der Waals surface area contributed by atoms with Crippen LogP contribution in [0.25, 0.3) is 0 Å². The average molecular weight is 333 g/mol. The van der Waals surface area contributed by atoms with Crippen molar-refractivity contribution in [2.45, 2.75) is 37.7 Å². The van der Waals surface area contributed by atoms with Crippen molar-refractivity contribution in [1.29, 1.82) is 0 Å². The first kappa shape index (κ1) is 24.1. The molecule has 0 fully saturated rings. The Bertz CT molecular complexity index is 303. The van der Waals surface area contributed by atoms with Gasteiger partial charge in [0.2, 0.25) is 5.91 Å². The zero-order valence-electron chi connectivity index (χ0n) is 10.5. The number of aliphatic hydroxyl groups excluding tert-OH is 4. The Hall–Kier alpha value is 0.1000. The number of nitrogens with one attached hydrogen (secondary N) is 1. The molecule has 0 heterocycles. The highest BCUT2D eigenvalue weighted by molar-refractivity contribution is 7.59. The first-order valence-electron chi connectivity index (χ1n) is 5.16. The highest BCUT2D eigenvalue weighted by atomic mass is 32.1. The predicted molar refractivity (Wildman–Crippen MR) is 86.6 cm³/mol. The standard InChI is InChI=1S/C10H17NO5.3H2S/c1-2-7(13)11-6-3-5(4-12)8(14)10(16)9(6)15;;;/h3,6,8-10,12,14-16H,2,4H2,1H3,(H,11,13);3*1H2/t6-,8+,9-,10?;;;/m0.../s1. The summed E-state index contributed by atoms with van der Waals surface area (Å²) in [6.07, 6.45) is -2.36. The molecule has 1 amide bonds. The summed E-state index contributed by atoms with van der Waals surface area (Å²) in [5.41, 5.74) is 0.194. The van der Waals surface area contributed by atoms with E-state index in [2.05, 4.69) is 5.32 Å². The van der Waals surface area contributed by atoms with Crippen LogP contribution in [0.15, 0.2) is 11.6 Å². The van der Waals surface area contributed by atoms with E-state index in [0.29, 0.717) is 0 Å². The number of carbonyl (C=O) groups excluding carboxylic acids is 1. The lowest BCUT2D eigenvalue weighted by Gasteiger charge is -2.34. The smallest absolute Gasteiger partial charge is 0.220 e. The van der Waals surface area contributed by atoms with Gasteiger partial charge < -0.3 is 25.7 Å². The van der Waals surface area contributed by atoms with Crippen LogP contribution in [0.3, 0.4) is 0 Å². The molecule has 5 N–H and O–H groups in total. The summed E-state index contributed by atoms with van der Waals surface area (Å²) in [5, 5.41) is 40.0. The number of amides is 1. The third kappa shape index (κ3) is 5.94. The van der Waals surface area contributed by atoms with Crippen molar-refractivity contribution in [2.24, 2.45) is 0 Å². The van der Waals surface area contributed by atoms with Crippen LogP contribution < -0.4 is 5.32 Å². The summed E-state index contributed by atoms with van der Waals surface area (Å²) in [5.74, 6) is -0.277. The van der Waals surface area contributed by atoms with E-state index >= 15 is 0 Å². The van der Waals surface area contributed by atoms with Gasteiger partial charge in [-0.05, 0) is 5.57 Å². The van der Waals surface area contributed by atoms with Gasteiger partial charge in [0.25, 0.3) is 0 Å². The Morgan fingerprint density at radius 2 is 1.74 bits per heavy atom. The molecule has 19 heavy (non-hydrogen) atoms. The Morgan fingerprint density at radius 1 is 1.21 bits per heavy atom. The second kappa shape index (κ2) is 10.8. The summed E-state index contributed by atoms with van der Waals surface area (Å²) >= 11 is 0. The molecule has 0 aromatic heterocycles. The fraction of sp³-hybridized carbons (Fsp3) is 0.700. The lowest BCUT2D eigenvalue weighted by Crippen LogP contribution is -2.55. The summed E-state index contributed by atoms with van der Waals surface area (Å²) in [6.45, 7) is 1.23. The molecule has 1 rings (SSSR count). The van der Waals surface area contributed by atoms with Gasteiger partial charge in [-0.15, -0.1) is 0 Å². The van der Waals surface area contributed by atoms with E-state index in [1.807, 2.05) is 0 Å². The van der Waals surface area contributed by atoms with Gasteiger partial charge >= 0.3 is 0 Å². The molecule has 1 aliphatic rings. The largest absolute Gasteiger partial charge is 0.392 e. The Morgan fingerprint density at radius 3 is 2.16 bits per heavy atom. The van der Waals surface area contributed by atoms with Gasteiger partial charge in [-0.2, -0.15) is 40.5 Å². The second-order valence-corrected chi connectivity index (χ2v) is 3.77. The van der Waals surface area contributed by atoms with Gasteiger partial charge in [0, 0.05) is 6.42 Å². The monoisotopic (exact) mass is 333 g/mol. The Kier molecular flexibility index (Phi) is 13.8. The van der Waals surface area contributed by atoms with Gasteiger partial charge in [-0.1, -0.05) is 13.0 Å². The minimum atomic E-state index is -1.41. The highest BCUT2D eigenvalue weighted by Gasteiger charge is 2.37. The van der Waals surface area contributed by atoms with Gasteiger partial charge in [-0.3, -0.25) is 4.79 Å². The number of hydrogen-bond acceptors (Lipinski definition) is 5. The van der Waals surface area contributed by atoms with Crippen LogP contribution >= 0.6 is 40.5 Å². The van der Waals surface area contributed by atoms with Crippen LogP contribution in [0, 0.1) is 0 Å². The Balaban J connectivity index is -0.000000853. The molecule has 0 bridgehead atoms. The predicted octanol–water partition coefficient (Wildman–Crippen LogP) is -1.77. The molecular weight excluding hydrogens is 310 g/mol. The van der Waals surface area contributed by atoms with Crippen molar-refractivity contribution in [3.05, 3.63) is 11.6 Å². The lowest BCUT2D eigenvalue weighted by molar-refractivity contribution is -0.123. The maximum atomic E-state index is 11.2. The van der Waals surface area contributed by atoms with Crippen LogP contribution in [0.4, 0.5) is 0 Å². The van der Waals surface area contributed by atoms with E-state index in [4.69, 9.17) is 5.11 Å². The van der Waals surface area contributed by atoms with Crippen molar-refractivity contribution in [1.82, 2.24) is 5.32 Å². The molecule has 0 spiro atoms. The van der Waals surface area contributed by atoms with E-state index in [9.17, 15) is 20.1 Å². The van der Waals surface area contributed by atoms with Crippen LogP contribution in [0.5, 0.6) is 0 Å². The lowest BCUT2D eigenvalue weighted by atomic mass is 9.88. The van der Waals surface area contributed by atoms with Gasteiger partial charge in [0.1, 0.15) is 18.3 Å². The van der Waals surface area contributed by atoms with Crippen LogP contribution in [-0.4, -0.2) is 57.3 Å². The fourth-order valence-electron chi connectivity index (χ4n) is 1.61. The number of aliphatic hydroxyl groups is 4. The van der Waals surface area contributed by atoms with Crippen LogP contribution in [0.2, 0.25) is 0 Å². The highest BCUT2D eigenvalue weighted by Crippen LogP contribution is 2.20. The summed E-state index contributed by atoms with van der Waals surface area (Å²) in [4.78, 5) is 11.2. The van der Waals surface area contributed by atoms with Gasteiger partial charge in [-0.25, -0.2) is 0 Å². The van der Waals surface area contributed by atoms with E-state index in [-0.39, 0.29) is 58.4 Å². The van der Waals surface area contributed by atoms with Crippen molar-refractivity contribution < 1.29 is 25.2 Å². The third-order valence-corrected chi connectivity index (χ3v) is 2.65. The van der Waals surface area contributed by atoms with Gasteiger partial charge in [0.15, 0.2) is 0 Å². The topological polar surface area (TPSA) is 110 Å². The second-order valence-electron chi connectivity index (χ2n) is 3.77. The SMILES string of the molecule is CCC(=O)N[C@H]1C=C(CO)[C@@H](O)C(O)[C@H]1O.S.S.S. The molecule has 0 aliphatic heterocycles. The summed E-state index contributed by atoms with van der Waals surface area (Å²) in [7, 11) is 0. The Labute approximate surface area is 133 Å². The quantitative estimate of drug-likeness (QED) is 0.393. The van der Waals surface area contributed by atoms with E-state index in [0.717, 1.165) is 0 Å².